The maximum absolute atomic E-state index is 11.5. The van der Waals surface area contributed by atoms with Crippen molar-refractivity contribution >= 4 is 5.97 Å². The van der Waals surface area contributed by atoms with E-state index < -0.39 is 11.5 Å². The summed E-state index contributed by atoms with van der Waals surface area (Å²) in [5, 5.41) is 6.12. The molecule has 0 radical (unpaired) electrons. The molecule has 84 valence electrons. The van der Waals surface area contributed by atoms with Crippen molar-refractivity contribution in [1.29, 1.82) is 0 Å². The molecule has 0 aliphatic heterocycles. The topological polar surface area (TPSA) is 77.0 Å². The lowest BCUT2D eigenvalue weighted by atomic mass is 10.2. The molecule has 1 N–H and O–H groups in total. The first-order chi connectivity index (χ1) is 7.20. The number of aromatic amines is 1. The van der Waals surface area contributed by atoms with E-state index in [1.165, 1.54) is 11.8 Å². The molecule has 0 aliphatic carbocycles. The van der Waals surface area contributed by atoms with Gasteiger partial charge in [0.1, 0.15) is 0 Å². The van der Waals surface area contributed by atoms with Crippen LogP contribution in [0.15, 0.2) is 4.79 Å². The Bertz CT molecular complexity index is 380. The Balaban J connectivity index is 2.72. The van der Waals surface area contributed by atoms with Crippen LogP contribution in [0.5, 0.6) is 0 Å². The zero-order valence-electron chi connectivity index (χ0n) is 8.95. The average Bonchev–Trinajstić information content (AvgIpc) is 2.60. The van der Waals surface area contributed by atoms with Gasteiger partial charge in [0, 0.05) is 6.54 Å². The summed E-state index contributed by atoms with van der Waals surface area (Å²) in [4.78, 5) is 22.6. The van der Waals surface area contributed by atoms with Crippen LogP contribution in [0.2, 0.25) is 0 Å². The lowest BCUT2D eigenvalue weighted by Gasteiger charge is -1.97. The second kappa shape index (κ2) is 5.33. The summed E-state index contributed by atoms with van der Waals surface area (Å²) in [5.41, 5.74) is -0.605. The van der Waals surface area contributed by atoms with Gasteiger partial charge in [-0.1, -0.05) is 19.8 Å². The summed E-state index contributed by atoms with van der Waals surface area (Å²) in [6, 6.07) is 0. The Morgan fingerprint density at radius 1 is 1.53 bits per heavy atom. The molecule has 0 bridgehead atoms. The first kappa shape index (κ1) is 11.5. The molecule has 0 amide bonds. The fraction of sp³-hybridized carbons (Fsp3) is 0.667. The number of rotatable bonds is 5. The van der Waals surface area contributed by atoms with Crippen LogP contribution in [0.4, 0.5) is 0 Å². The Labute approximate surface area is 87.2 Å². The highest BCUT2D eigenvalue weighted by Crippen LogP contribution is 1.96. The number of aromatic nitrogens is 3. The zero-order chi connectivity index (χ0) is 11.3. The molecule has 0 aromatic carbocycles. The number of nitrogens with zero attached hydrogens (tertiary/aromatic N) is 2. The van der Waals surface area contributed by atoms with E-state index in [0.29, 0.717) is 6.54 Å². The van der Waals surface area contributed by atoms with E-state index in [-0.39, 0.29) is 5.69 Å². The lowest BCUT2D eigenvalue weighted by molar-refractivity contribution is 0.0592. The van der Waals surface area contributed by atoms with Gasteiger partial charge < -0.3 is 4.74 Å². The molecule has 6 heteroatoms. The molecule has 0 fully saturated rings. The van der Waals surface area contributed by atoms with Crippen LogP contribution in [0.1, 0.15) is 36.7 Å². The molecule has 0 spiro atoms. The number of ether oxygens (including phenoxy) is 1. The molecule has 1 aromatic heterocycles. The maximum atomic E-state index is 11.5. The van der Waals surface area contributed by atoms with Crippen LogP contribution in [-0.2, 0) is 11.3 Å². The molecule has 1 heterocycles. The summed E-state index contributed by atoms with van der Waals surface area (Å²) in [6.07, 6.45) is 3.00. The van der Waals surface area contributed by atoms with Crippen molar-refractivity contribution in [2.24, 2.45) is 0 Å². The predicted molar refractivity (Wildman–Crippen MR) is 53.7 cm³/mol. The number of aryl methyl sites for hydroxylation is 1. The predicted octanol–water partition coefficient (Wildman–Crippen LogP) is 0.548. The number of methoxy groups -OCH3 is 1. The molecule has 0 unspecified atom stereocenters. The number of nitrogens with one attached hydrogen (secondary N) is 1. The number of unbranched alkanes of at least 4 members (excludes halogenated alkanes) is 2. The first-order valence-electron chi connectivity index (χ1n) is 4.94. The zero-order valence-corrected chi connectivity index (χ0v) is 8.95. The molecule has 15 heavy (non-hydrogen) atoms. The van der Waals surface area contributed by atoms with Gasteiger partial charge in [-0.05, 0) is 6.42 Å². The molecular formula is C9H15N3O3. The standard InChI is InChI=1S/C9H15N3O3/c1-3-4-5-6-12-8(13)7(10-11-12)9(14)15-2/h11H,3-6H2,1-2H3. The van der Waals surface area contributed by atoms with Crippen molar-refractivity contribution in [3.05, 3.63) is 16.0 Å². The highest BCUT2D eigenvalue weighted by Gasteiger charge is 2.16. The Morgan fingerprint density at radius 2 is 2.27 bits per heavy atom. The van der Waals surface area contributed by atoms with Gasteiger partial charge in [-0.2, -0.15) is 0 Å². The van der Waals surface area contributed by atoms with Crippen LogP contribution in [0.25, 0.3) is 0 Å². The van der Waals surface area contributed by atoms with Gasteiger partial charge in [0.05, 0.1) is 7.11 Å². The third kappa shape index (κ3) is 2.68. The molecule has 0 atom stereocenters. The monoisotopic (exact) mass is 213 g/mol. The van der Waals surface area contributed by atoms with Crippen molar-refractivity contribution in [3.63, 3.8) is 0 Å². The number of carbonyl (C=O) groups excluding carboxylic acids is 1. The summed E-state index contributed by atoms with van der Waals surface area (Å²) >= 11 is 0. The third-order valence-electron chi connectivity index (χ3n) is 2.09. The molecule has 0 saturated heterocycles. The Kier molecular flexibility index (Phi) is 4.08. The van der Waals surface area contributed by atoms with Gasteiger partial charge in [0.2, 0.25) is 5.69 Å². The maximum Gasteiger partial charge on any atom is 0.364 e. The number of esters is 1. The van der Waals surface area contributed by atoms with E-state index >= 15 is 0 Å². The number of carbonyl (C=O) groups is 1. The summed E-state index contributed by atoms with van der Waals surface area (Å²) < 4.78 is 5.74. The highest BCUT2D eigenvalue weighted by atomic mass is 16.5. The normalized spacial score (nSPS) is 10.3. The molecule has 1 rings (SSSR count). The first-order valence-corrected chi connectivity index (χ1v) is 4.94. The molecule has 1 aromatic rings. The van der Waals surface area contributed by atoms with E-state index in [1.807, 2.05) is 0 Å². The van der Waals surface area contributed by atoms with E-state index in [0.717, 1.165) is 19.3 Å². The van der Waals surface area contributed by atoms with Gasteiger partial charge in [-0.15, -0.1) is 5.10 Å². The minimum absolute atomic E-state index is 0.186. The van der Waals surface area contributed by atoms with Crippen molar-refractivity contribution in [3.8, 4) is 0 Å². The minimum atomic E-state index is -0.703. The smallest absolute Gasteiger partial charge is 0.364 e. The largest absolute Gasteiger partial charge is 0.464 e. The fourth-order valence-electron chi connectivity index (χ4n) is 1.23. The summed E-state index contributed by atoms with van der Waals surface area (Å²) in [5.74, 6) is -0.703. The van der Waals surface area contributed by atoms with Crippen molar-refractivity contribution in [2.75, 3.05) is 7.11 Å². The summed E-state index contributed by atoms with van der Waals surface area (Å²) in [6.45, 7) is 2.63. The van der Waals surface area contributed by atoms with Gasteiger partial charge in [0.15, 0.2) is 0 Å². The third-order valence-corrected chi connectivity index (χ3v) is 2.09. The van der Waals surface area contributed by atoms with Gasteiger partial charge in [-0.25, -0.2) is 14.7 Å². The van der Waals surface area contributed by atoms with Crippen LogP contribution >= 0.6 is 0 Å². The van der Waals surface area contributed by atoms with Gasteiger partial charge in [-0.3, -0.25) is 4.79 Å². The number of hydrogen-bond acceptors (Lipinski definition) is 4. The van der Waals surface area contributed by atoms with Crippen molar-refractivity contribution in [1.82, 2.24) is 15.0 Å². The quantitative estimate of drug-likeness (QED) is 0.572. The second-order valence-electron chi connectivity index (χ2n) is 3.22. The minimum Gasteiger partial charge on any atom is -0.464 e. The van der Waals surface area contributed by atoms with Crippen LogP contribution < -0.4 is 5.56 Å². The molecule has 6 nitrogen and oxygen atoms in total. The lowest BCUT2D eigenvalue weighted by Crippen LogP contribution is -2.22. The van der Waals surface area contributed by atoms with E-state index in [2.05, 4.69) is 22.0 Å². The second-order valence-corrected chi connectivity index (χ2v) is 3.22. The van der Waals surface area contributed by atoms with Crippen LogP contribution in [0, 0.1) is 0 Å². The number of H-pyrrole nitrogens is 1. The van der Waals surface area contributed by atoms with Gasteiger partial charge >= 0.3 is 11.5 Å². The Morgan fingerprint density at radius 3 is 2.87 bits per heavy atom. The fourth-order valence-corrected chi connectivity index (χ4v) is 1.23. The number of hydrogen-bond donors (Lipinski definition) is 1. The Hall–Kier alpha value is -1.59. The van der Waals surface area contributed by atoms with E-state index in [4.69, 9.17) is 0 Å². The summed E-state index contributed by atoms with van der Waals surface area (Å²) in [7, 11) is 1.22. The van der Waals surface area contributed by atoms with Crippen molar-refractivity contribution < 1.29 is 9.53 Å². The van der Waals surface area contributed by atoms with Crippen molar-refractivity contribution in [2.45, 2.75) is 32.7 Å². The molecule has 0 saturated carbocycles. The molecular weight excluding hydrogens is 198 g/mol. The van der Waals surface area contributed by atoms with E-state index in [9.17, 15) is 9.59 Å². The molecule has 0 aliphatic rings. The van der Waals surface area contributed by atoms with Gasteiger partial charge in [0.25, 0.3) is 0 Å². The highest BCUT2D eigenvalue weighted by molar-refractivity contribution is 5.86. The SMILES string of the molecule is CCCCCn1[nH]nc(C(=O)OC)c1=O. The van der Waals surface area contributed by atoms with Crippen LogP contribution in [0.3, 0.4) is 0 Å². The van der Waals surface area contributed by atoms with Crippen LogP contribution in [-0.4, -0.2) is 28.1 Å². The average molecular weight is 213 g/mol. The van der Waals surface area contributed by atoms with E-state index in [1.54, 1.807) is 0 Å².